The third-order valence-electron chi connectivity index (χ3n) is 3.33. The lowest BCUT2D eigenvalue weighted by atomic mass is 9.89. The zero-order valence-electron chi connectivity index (χ0n) is 9.16. The van der Waals surface area contributed by atoms with Crippen molar-refractivity contribution in [3.8, 4) is 12.3 Å². The third kappa shape index (κ3) is 1.91. The van der Waals surface area contributed by atoms with Gasteiger partial charge in [0.25, 0.3) is 0 Å². The lowest BCUT2D eigenvalue weighted by Crippen LogP contribution is -2.18. The molecule has 1 aliphatic rings. The van der Waals surface area contributed by atoms with E-state index < -0.39 is 0 Å². The SMILES string of the molecule is C#Cc1ccccc1[C@H]1NCC[C@H]1CC. The summed E-state index contributed by atoms with van der Waals surface area (Å²) in [7, 11) is 0. The highest BCUT2D eigenvalue weighted by atomic mass is 15.0. The van der Waals surface area contributed by atoms with Gasteiger partial charge in [0.15, 0.2) is 0 Å². The van der Waals surface area contributed by atoms with Crippen LogP contribution in [0.3, 0.4) is 0 Å². The molecule has 1 fully saturated rings. The van der Waals surface area contributed by atoms with Gasteiger partial charge < -0.3 is 5.32 Å². The first-order valence-electron chi connectivity index (χ1n) is 5.65. The molecule has 1 nitrogen and oxygen atoms in total. The topological polar surface area (TPSA) is 12.0 Å². The minimum Gasteiger partial charge on any atom is -0.310 e. The Morgan fingerprint density at radius 1 is 1.47 bits per heavy atom. The lowest BCUT2D eigenvalue weighted by Gasteiger charge is -2.19. The summed E-state index contributed by atoms with van der Waals surface area (Å²) in [5, 5.41) is 3.55. The van der Waals surface area contributed by atoms with Gasteiger partial charge in [-0.15, -0.1) is 6.42 Å². The second kappa shape index (κ2) is 4.51. The van der Waals surface area contributed by atoms with Crippen molar-refractivity contribution in [1.82, 2.24) is 5.32 Å². The van der Waals surface area contributed by atoms with Crippen molar-refractivity contribution in [2.75, 3.05) is 6.54 Å². The van der Waals surface area contributed by atoms with Crippen molar-refractivity contribution in [2.24, 2.45) is 5.92 Å². The summed E-state index contributed by atoms with van der Waals surface area (Å²) >= 11 is 0. The summed E-state index contributed by atoms with van der Waals surface area (Å²) in [4.78, 5) is 0. The Kier molecular flexibility index (Phi) is 3.08. The van der Waals surface area contributed by atoms with Crippen molar-refractivity contribution >= 4 is 0 Å². The Balaban J connectivity index is 2.33. The number of terminal acetylenes is 1. The third-order valence-corrected chi connectivity index (χ3v) is 3.33. The van der Waals surface area contributed by atoms with E-state index in [1.165, 1.54) is 18.4 Å². The lowest BCUT2D eigenvalue weighted by molar-refractivity contribution is 0.449. The molecule has 0 saturated carbocycles. The fourth-order valence-corrected chi connectivity index (χ4v) is 2.46. The Hall–Kier alpha value is -1.26. The molecule has 15 heavy (non-hydrogen) atoms. The van der Waals surface area contributed by atoms with Crippen LogP contribution in [0.2, 0.25) is 0 Å². The predicted octanol–water partition coefficient (Wildman–Crippen LogP) is 2.73. The van der Waals surface area contributed by atoms with Crippen molar-refractivity contribution in [3.63, 3.8) is 0 Å². The number of benzene rings is 1. The van der Waals surface area contributed by atoms with Gasteiger partial charge in [-0.1, -0.05) is 37.5 Å². The van der Waals surface area contributed by atoms with E-state index in [0.717, 1.165) is 18.0 Å². The highest BCUT2D eigenvalue weighted by Crippen LogP contribution is 2.33. The van der Waals surface area contributed by atoms with E-state index in [-0.39, 0.29) is 0 Å². The van der Waals surface area contributed by atoms with Crippen LogP contribution >= 0.6 is 0 Å². The van der Waals surface area contributed by atoms with Crippen LogP contribution in [0.15, 0.2) is 24.3 Å². The molecule has 0 amide bonds. The summed E-state index contributed by atoms with van der Waals surface area (Å²) < 4.78 is 0. The Morgan fingerprint density at radius 2 is 2.27 bits per heavy atom. The van der Waals surface area contributed by atoms with Gasteiger partial charge in [-0.3, -0.25) is 0 Å². The van der Waals surface area contributed by atoms with E-state index in [4.69, 9.17) is 6.42 Å². The summed E-state index contributed by atoms with van der Waals surface area (Å²) in [6.07, 6.45) is 8.01. The van der Waals surface area contributed by atoms with Crippen LogP contribution in [0, 0.1) is 18.3 Å². The van der Waals surface area contributed by atoms with Crippen molar-refractivity contribution in [2.45, 2.75) is 25.8 Å². The standard InChI is InChI=1S/C14H17N/c1-3-11-7-5-6-8-13(11)14-12(4-2)9-10-15-14/h1,5-8,12,14-15H,4,9-10H2,2H3/t12-,14+/m1/s1. The largest absolute Gasteiger partial charge is 0.310 e. The van der Waals surface area contributed by atoms with Gasteiger partial charge in [0.1, 0.15) is 0 Å². The van der Waals surface area contributed by atoms with E-state index in [9.17, 15) is 0 Å². The first kappa shape index (κ1) is 10.3. The second-order valence-corrected chi connectivity index (χ2v) is 4.12. The minimum absolute atomic E-state index is 0.460. The molecular weight excluding hydrogens is 182 g/mol. The first-order chi connectivity index (χ1) is 7.36. The van der Waals surface area contributed by atoms with Gasteiger partial charge in [-0.2, -0.15) is 0 Å². The second-order valence-electron chi connectivity index (χ2n) is 4.12. The number of rotatable bonds is 2. The molecule has 0 radical (unpaired) electrons. The van der Waals surface area contributed by atoms with E-state index in [0.29, 0.717) is 6.04 Å². The molecule has 0 aromatic heterocycles. The van der Waals surface area contributed by atoms with Gasteiger partial charge in [0, 0.05) is 11.6 Å². The average molecular weight is 199 g/mol. The molecule has 0 spiro atoms. The molecule has 2 atom stereocenters. The highest BCUT2D eigenvalue weighted by Gasteiger charge is 2.27. The molecule has 1 aromatic rings. The Bertz CT molecular complexity index is 375. The average Bonchev–Trinajstić information content (AvgIpc) is 2.76. The fourth-order valence-electron chi connectivity index (χ4n) is 2.46. The highest BCUT2D eigenvalue weighted by molar-refractivity contribution is 5.42. The quantitative estimate of drug-likeness (QED) is 0.722. The molecule has 2 rings (SSSR count). The van der Waals surface area contributed by atoms with Crippen molar-refractivity contribution in [1.29, 1.82) is 0 Å². The van der Waals surface area contributed by atoms with Crippen LogP contribution in [-0.2, 0) is 0 Å². The van der Waals surface area contributed by atoms with Crippen LogP contribution in [0.5, 0.6) is 0 Å². The number of hydrogen-bond acceptors (Lipinski definition) is 1. The summed E-state index contributed by atoms with van der Waals surface area (Å²) in [5.74, 6) is 3.51. The van der Waals surface area contributed by atoms with Crippen molar-refractivity contribution < 1.29 is 0 Å². The fraction of sp³-hybridized carbons (Fsp3) is 0.429. The maximum atomic E-state index is 5.53. The molecule has 0 unspecified atom stereocenters. The smallest absolute Gasteiger partial charge is 0.0361 e. The Labute approximate surface area is 91.9 Å². The van der Waals surface area contributed by atoms with E-state index in [1.54, 1.807) is 0 Å². The molecule has 0 bridgehead atoms. The summed E-state index contributed by atoms with van der Waals surface area (Å²) in [6, 6.07) is 8.72. The first-order valence-corrected chi connectivity index (χ1v) is 5.65. The predicted molar refractivity (Wildman–Crippen MR) is 63.5 cm³/mol. The van der Waals surface area contributed by atoms with Crippen LogP contribution in [0.25, 0.3) is 0 Å². The van der Waals surface area contributed by atoms with Crippen molar-refractivity contribution in [3.05, 3.63) is 35.4 Å². The summed E-state index contributed by atoms with van der Waals surface area (Å²) in [5.41, 5.74) is 2.33. The van der Waals surface area contributed by atoms with Crippen LogP contribution in [0.1, 0.15) is 36.9 Å². The van der Waals surface area contributed by atoms with Crippen LogP contribution in [0.4, 0.5) is 0 Å². The molecule has 1 aliphatic heterocycles. The van der Waals surface area contributed by atoms with Gasteiger partial charge in [-0.05, 0) is 30.5 Å². The monoisotopic (exact) mass is 199 g/mol. The van der Waals surface area contributed by atoms with E-state index >= 15 is 0 Å². The number of nitrogens with one attached hydrogen (secondary N) is 1. The zero-order valence-corrected chi connectivity index (χ0v) is 9.16. The van der Waals surface area contributed by atoms with Gasteiger partial charge in [0.05, 0.1) is 0 Å². The maximum Gasteiger partial charge on any atom is 0.0361 e. The molecule has 1 aromatic carbocycles. The number of hydrogen-bond donors (Lipinski definition) is 1. The minimum atomic E-state index is 0.460. The van der Waals surface area contributed by atoms with Gasteiger partial charge in [0.2, 0.25) is 0 Å². The normalized spacial score (nSPS) is 25.1. The van der Waals surface area contributed by atoms with Crippen LogP contribution in [-0.4, -0.2) is 6.54 Å². The maximum absolute atomic E-state index is 5.53. The van der Waals surface area contributed by atoms with Crippen LogP contribution < -0.4 is 5.32 Å². The van der Waals surface area contributed by atoms with Gasteiger partial charge in [-0.25, -0.2) is 0 Å². The molecule has 1 heterocycles. The molecule has 1 N–H and O–H groups in total. The molecular formula is C14H17N. The Morgan fingerprint density at radius 3 is 3.00 bits per heavy atom. The zero-order chi connectivity index (χ0) is 10.7. The van der Waals surface area contributed by atoms with Gasteiger partial charge >= 0.3 is 0 Å². The van der Waals surface area contributed by atoms with E-state index in [2.05, 4.69) is 30.3 Å². The molecule has 78 valence electrons. The molecule has 0 aliphatic carbocycles. The van der Waals surface area contributed by atoms with E-state index in [1.807, 2.05) is 12.1 Å². The molecule has 1 heteroatoms. The summed E-state index contributed by atoms with van der Waals surface area (Å²) in [6.45, 7) is 3.37. The molecule has 1 saturated heterocycles.